The van der Waals surface area contributed by atoms with E-state index in [1.807, 2.05) is 42.6 Å². The van der Waals surface area contributed by atoms with E-state index in [4.69, 9.17) is 11.6 Å². The van der Waals surface area contributed by atoms with Crippen LogP contribution in [0.2, 0.25) is 0 Å². The molecule has 0 bridgehead atoms. The zero-order valence-corrected chi connectivity index (χ0v) is 11.9. The van der Waals surface area contributed by atoms with E-state index in [9.17, 15) is 0 Å². The molecule has 0 spiro atoms. The summed E-state index contributed by atoms with van der Waals surface area (Å²) in [7, 11) is 0. The van der Waals surface area contributed by atoms with Crippen LogP contribution in [0.3, 0.4) is 0 Å². The van der Waals surface area contributed by atoms with Crippen LogP contribution in [0.5, 0.6) is 0 Å². The Morgan fingerprint density at radius 3 is 2.47 bits per heavy atom. The van der Waals surface area contributed by atoms with Gasteiger partial charge in [0.1, 0.15) is 5.65 Å². The zero-order chi connectivity index (χ0) is 12.4. The highest BCUT2D eigenvalue weighted by molar-refractivity contribution is 6.17. The van der Waals surface area contributed by atoms with Gasteiger partial charge >= 0.3 is 0 Å². The van der Waals surface area contributed by atoms with Gasteiger partial charge in [-0.05, 0) is 17.7 Å². The molecule has 98 valence electrons. The van der Waals surface area contributed by atoms with Crippen molar-refractivity contribution in [3.8, 4) is 0 Å². The van der Waals surface area contributed by atoms with Gasteiger partial charge in [0.05, 0.1) is 17.3 Å². The van der Waals surface area contributed by atoms with Crippen LogP contribution in [-0.2, 0) is 12.3 Å². The minimum atomic E-state index is 0. The van der Waals surface area contributed by atoms with Crippen molar-refractivity contribution in [2.45, 2.75) is 12.3 Å². The molecular formula is C15H14Cl2N2. The van der Waals surface area contributed by atoms with Gasteiger partial charge in [0, 0.05) is 12.6 Å². The summed E-state index contributed by atoms with van der Waals surface area (Å²) in [6, 6.07) is 16.3. The normalized spacial score (nSPS) is 10.4. The lowest BCUT2D eigenvalue weighted by molar-refractivity contribution is 1.03. The number of alkyl halides is 1. The molecule has 0 fully saturated rings. The fraction of sp³-hybridized carbons (Fsp3) is 0.133. The molecule has 0 aliphatic rings. The third-order valence-electron chi connectivity index (χ3n) is 3.05. The van der Waals surface area contributed by atoms with E-state index in [1.54, 1.807) is 0 Å². The molecule has 19 heavy (non-hydrogen) atoms. The number of hydrogen-bond donors (Lipinski definition) is 0. The van der Waals surface area contributed by atoms with Crippen molar-refractivity contribution in [1.29, 1.82) is 0 Å². The summed E-state index contributed by atoms with van der Waals surface area (Å²) in [4.78, 5) is 4.66. The third kappa shape index (κ3) is 2.75. The van der Waals surface area contributed by atoms with E-state index in [0.717, 1.165) is 23.5 Å². The van der Waals surface area contributed by atoms with Gasteiger partial charge in [-0.1, -0.05) is 36.4 Å². The smallest absolute Gasteiger partial charge is 0.137 e. The summed E-state index contributed by atoms with van der Waals surface area (Å²) in [5.41, 5.74) is 4.35. The van der Waals surface area contributed by atoms with Crippen LogP contribution in [0.4, 0.5) is 0 Å². The van der Waals surface area contributed by atoms with E-state index in [1.165, 1.54) is 5.56 Å². The summed E-state index contributed by atoms with van der Waals surface area (Å²) in [6.45, 7) is 0. The van der Waals surface area contributed by atoms with Gasteiger partial charge in [-0.3, -0.25) is 0 Å². The molecule has 0 amide bonds. The number of fused-ring (bicyclic) bond motifs is 1. The Morgan fingerprint density at radius 2 is 1.74 bits per heavy atom. The lowest BCUT2D eigenvalue weighted by atomic mass is 10.1. The highest BCUT2D eigenvalue weighted by Crippen LogP contribution is 2.18. The van der Waals surface area contributed by atoms with Crippen molar-refractivity contribution >= 4 is 29.7 Å². The van der Waals surface area contributed by atoms with Crippen molar-refractivity contribution < 1.29 is 0 Å². The lowest BCUT2D eigenvalue weighted by Crippen LogP contribution is -1.95. The number of pyridine rings is 1. The summed E-state index contributed by atoms with van der Waals surface area (Å²) in [5.74, 6) is 0.480. The van der Waals surface area contributed by atoms with E-state index >= 15 is 0 Å². The molecule has 2 heterocycles. The van der Waals surface area contributed by atoms with Crippen molar-refractivity contribution in [3.05, 3.63) is 71.7 Å². The number of nitrogens with zero attached hydrogens (tertiary/aromatic N) is 2. The maximum absolute atomic E-state index is 6.06. The minimum absolute atomic E-state index is 0. The second-order valence-electron chi connectivity index (χ2n) is 4.23. The molecule has 2 nitrogen and oxygen atoms in total. The molecular weight excluding hydrogens is 279 g/mol. The van der Waals surface area contributed by atoms with E-state index < -0.39 is 0 Å². The average Bonchev–Trinajstić information content (AvgIpc) is 2.77. The van der Waals surface area contributed by atoms with Crippen LogP contribution in [0.15, 0.2) is 54.7 Å². The summed E-state index contributed by atoms with van der Waals surface area (Å²) in [5, 5.41) is 0. The molecule has 0 saturated carbocycles. The van der Waals surface area contributed by atoms with Crippen molar-refractivity contribution in [2.24, 2.45) is 0 Å². The molecule has 0 radical (unpaired) electrons. The van der Waals surface area contributed by atoms with Crippen LogP contribution < -0.4 is 0 Å². The lowest BCUT2D eigenvalue weighted by Gasteiger charge is -2.01. The van der Waals surface area contributed by atoms with E-state index in [2.05, 4.69) is 21.5 Å². The maximum Gasteiger partial charge on any atom is 0.137 e. The fourth-order valence-corrected chi connectivity index (χ4v) is 2.45. The monoisotopic (exact) mass is 292 g/mol. The number of halogens is 2. The van der Waals surface area contributed by atoms with Gasteiger partial charge in [-0.15, -0.1) is 24.0 Å². The van der Waals surface area contributed by atoms with Crippen molar-refractivity contribution in [3.63, 3.8) is 0 Å². The molecule has 0 atom stereocenters. The Bertz CT molecular complexity index is 662. The van der Waals surface area contributed by atoms with Gasteiger partial charge < -0.3 is 4.40 Å². The first-order chi connectivity index (χ1) is 8.88. The summed E-state index contributed by atoms with van der Waals surface area (Å²) in [6.07, 6.45) is 2.83. The predicted octanol–water partition coefficient (Wildman–Crippen LogP) is 4.09. The molecule has 3 rings (SSSR count). The molecule has 0 N–H and O–H groups in total. The molecule has 4 heteroatoms. The number of benzene rings is 1. The summed E-state index contributed by atoms with van der Waals surface area (Å²) < 4.78 is 2.06. The largest absolute Gasteiger partial charge is 0.303 e. The van der Waals surface area contributed by atoms with E-state index in [-0.39, 0.29) is 12.4 Å². The molecule has 1 aromatic carbocycles. The van der Waals surface area contributed by atoms with E-state index in [0.29, 0.717) is 5.88 Å². The van der Waals surface area contributed by atoms with Gasteiger partial charge in [-0.25, -0.2) is 4.98 Å². The second-order valence-corrected chi connectivity index (χ2v) is 4.50. The van der Waals surface area contributed by atoms with Crippen LogP contribution >= 0.6 is 24.0 Å². The first-order valence-corrected chi connectivity index (χ1v) is 6.46. The molecule has 0 unspecified atom stereocenters. The molecule has 3 aromatic rings. The second kappa shape index (κ2) is 6.09. The van der Waals surface area contributed by atoms with Crippen LogP contribution in [0.1, 0.15) is 17.0 Å². The quantitative estimate of drug-likeness (QED) is 0.665. The standard InChI is InChI=1S/C15H13ClN2.ClH/c16-11-14-13(10-12-6-2-1-3-7-12)17-15-8-4-5-9-18(14)15;/h1-9H,10-11H2;1H. The highest BCUT2D eigenvalue weighted by atomic mass is 35.5. The summed E-state index contributed by atoms with van der Waals surface area (Å²) >= 11 is 6.06. The van der Waals surface area contributed by atoms with Crippen LogP contribution in [0.25, 0.3) is 5.65 Å². The van der Waals surface area contributed by atoms with Gasteiger partial charge in [-0.2, -0.15) is 0 Å². The molecule has 0 aliphatic carbocycles. The third-order valence-corrected chi connectivity index (χ3v) is 3.31. The van der Waals surface area contributed by atoms with Crippen LogP contribution in [0, 0.1) is 0 Å². The minimum Gasteiger partial charge on any atom is -0.303 e. The van der Waals surface area contributed by atoms with Crippen molar-refractivity contribution in [2.75, 3.05) is 0 Å². The average molecular weight is 293 g/mol. The van der Waals surface area contributed by atoms with Crippen molar-refractivity contribution in [1.82, 2.24) is 9.38 Å². The Morgan fingerprint density at radius 1 is 1.00 bits per heavy atom. The number of rotatable bonds is 3. The topological polar surface area (TPSA) is 17.3 Å². The van der Waals surface area contributed by atoms with Gasteiger partial charge in [0.2, 0.25) is 0 Å². The van der Waals surface area contributed by atoms with Crippen LogP contribution in [-0.4, -0.2) is 9.38 Å². The SMILES string of the molecule is Cl.ClCc1c(Cc2ccccc2)nc2ccccn12. The molecule has 0 saturated heterocycles. The number of imidazole rings is 1. The first kappa shape index (κ1) is 13.9. The zero-order valence-electron chi connectivity index (χ0n) is 10.3. The predicted molar refractivity (Wildman–Crippen MR) is 81.2 cm³/mol. The first-order valence-electron chi connectivity index (χ1n) is 5.93. The van der Waals surface area contributed by atoms with Gasteiger partial charge in [0.15, 0.2) is 0 Å². The molecule has 0 aliphatic heterocycles. The Hall–Kier alpha value is -1.51. The molecule has 2 aromatic heterocycles. The Balaban J connectivity index is 0.00000133. The Kier molecular flexibility index (Phi) is 4.46. The number of hydrogen-bond acceptors (Lipinski definition) is 1. The van der Waals surface area contributed by atoms with Gasteiger partial charge in [0.25, 0.3) is 0 Å². The highest BCUT2D eigenvalue weighted by Gasteiger charge is 2.10. The fourth-order valence-electron chi connectivity index (χ4n) is 2.17. The Labute approximate surface area is 123 Å². The maximum atomic E-state index is 6.06. The number of aromatic nitrogens is 2.